The van der Waals surface area contributed by atoms with Gasteiger partial charge in [0.2, 0.25) is 0 Å². The monoisotopic (exact) mass is 388 g/mol. The first-order chi connectivity index (χ1) is 12.5. The van der Waals surface area contributed by atoms with Crippen LogP contribution in [-0.4, -0.2) is 39.7 Å². The number of aromatic nitrogens is 4. The lowest BCUT2D eigenvalue weighted by atomic mass is 10.1. The molecular weight excluding hydrogens is 368 g/mol. The van der Waals surface area contributed by atoms with E-state index in [9.17, 15) is 8.42 Å². The summed E-state index contributed by atoms with van der Waals surface area (Å²) in [6.07, 6.45) is 3.20. The Morgan fingerprint density at radius 1 is 1.23 bits per heavy atom. The number of nitrogens with zero attached hydrogens (tertiary/aromatic N) is 4. The van der Waals surface area contributed by atoms with Crippen molar-refractivity contribution < 1.29 is 8.42 Å². The van der Waals surface area contributed by atoms with Crippen molar-refractivity contribution in [1.82, 2.24) is 19.7 Å². The van der Waals surface area contributed by atoms with E-state index in [0.717, 1.165) is 34.1 Å². The molecule has 3 aromatic rings. The third-order valence-corrected chi connectivity index (χ3v) is 7.70. The Labute approximate surface area is 157 Å². The van der Waals surface area contributed by atoms with Crippen LogP contribution in [0.1, 0.15) is 17.8 Å². The van der Waals surface area contributed by atoms with Gasteiger partial charge in [-0.1, -0.05) is 36.0 Å². The molecule has 8 heteroatoms. The van der Waals surface area contributed by atoms with Crippen molar-refractivity contribution in [3.8, 4) is 0 Å². The van der Waals surface area contributed by atoms with Gasteiger partial charge < -0.3 is 4.57 Å². The summed E-state index contributed by atoms with van der Waals surface area (Å²) in [4.78, 5) is 4.49. The molecule has 6 nitrogen and oxygen atoms in total. The van der Waals surface area contributed by atoms with Crippen LogP contribution in [0, 0.1) is 5.92 Å². The predicted octanol–water partition coefficient (Wildman–Crippen LogP) is 2.63. The van der Waals surface area contributed by atoms with Crippen molar-refractivity contribution in [2.75, 3.05) is 11.5 Å². The van der Waals surface area contributed by atoms with E-state index in [1.54, 1.807) is 11.8 Å². The largest absolute Gasteiger partial charge is 0.309 e. The Kier molecular flexibility index (Phi) is 4.71. The van der Waals surface area contributed by atoms with E-state index in [1.165, 1.54) is 5.56 Å². The molecule has 0 bridgehead atoms. The topological polar surface area (TPSA) is 77.7 Å². The molecule has 1 fully saturated rings. The Morgan fingerprint density at radius 3 is 2.88 bits per heavy atom. The van der Waals surface area contributed by atoms with Crippen LogP contribution in [0.4, 0.5) is 0 Å². The van der Waals surface area contributed by atoms with Gasteiger partial charge in [0.1, 0.15) is 5.82 Å². The first kappa shape index (κ1) is 17.5. The van der Waals surface area contributed by atoms with Gasteiger partial charge >= 0.3 is 0 Å². The van der Waals surface area contributed by atoms with Crippen molar-refractivity contribution in [2.24, 2.45) is 13.0 Å². The molecular formula is C18H20N4O2S2. The molecule has 0 amide bonds. The van der Waals surface area contributed by atoms with E-state index in [0.29, 0.717) is 12.2 Å². The van der Waals surface area contributed by atoms with Gasteiger partial charge in [-0.2, -0.15) is 0 Å². The van der Waals surface area contributed by atoms with Crippen LogP contribution in [0.15, 0.2) is 41.7 Å². The molecule has 0 aliphatic carbocycles. The van der Waals surface area contributed by atoms with Gasteiger partial charge in [-0.3, -0.25) is 4.98 Å². The molecule has 1 saturated heterocycles. The number of thioether (sulfide) groups is 1. The van der Waals surface area contributed by atoms with Gasteiger partial charge in [0.25, 0.3) is 0 Å². The second-order valence-electron chi connectivity index (χ2n) is 6.71. The average Bonchev–Trinajstić information content (AvgIpc) is 3.15. The van der Waals surface area contributed by atoms with Crippen LogP contribution in [0.25, 0.3) is 10.9 Å². The predicted molar refractivity (Wildman–Crippen MR) is 103 cm³/mol. The summed E-state index contributed by atoms with van der Waals surface area (Å²) in [5, 5.41) is 10.6. The maximum Gasteiger partial charge on any atom is 0.191 e. The minimum atomic E-state index is -2.86. The highest BCUT2D eigenvalue weighted by atomic mass is 32.2. The molecule has 0 radical (unpaired) electrons. The summed E-state index contributed by atoms with van der Waals surface area (Å²) >= 11 is 1.62. The molecule has 3 heterocycles. The van der Waals surface area contributed by atoms with Crippen LogP contribution in [0.5, 0.6) is 0 Å². The number of pyridine rings is 1. The maximum absolute atomic E-state index is 11.6. The normalized spacial score (nSPS) is 19.2. The second kappa shape index (κ2) is 7.00. The van der Waals surface area contributed by atoms with E-state index in [-0.39, 0.29) is 11.7 Å². The molecule has 26 heavy (non-hydrogen) atoms. The number of fused-ring (bicyclic) bond motifs is 1. The molecule has 2 aromatic heterocycles. The summed E-state index contributed by atoms with van der Waals surface area (Å²) in [6.45, 7) is 0. The lowest BCUT2D eigenvalue weighted by Crippen LogP contribution is -2.11. The Balaban J connectivity index is 1.47. The Bertz CT molecular complexity index is 1040. The van der Waals surface area contributed by atoms with Gasteiger partial charge in [0, 0.05) is 30.8 Å². The van der Waals surface area contributed by atoms with Gasteiger partial charge in [-0.15, -0.1) is 10.2 Å². The summed E-state index contributed by atoms with van der Waals surface area (Å²) < 4.78 is 25.3. The van der Waals surface area contributed by atoms with Gasteiger partial charge in [0.05, 0.1) is 17.0 Å². The molecule has 136 valence electrons. The average molecular weight is 389 g/mol. The molecule has 1 atom stereocenters. The lowest BCUT2D eigenvalue weighted by molar-refractivity contribution is 0.552. The van der Waals surface area contributed by atoms with Crippen LogP contribution in [-0.2, 0) is 29.1 Å². The highest BCUT2D eigenvalue weighted by molar-refractivity contribution is 7.98. The summed E-state index contributed by atoms with van der Waals surface area (Å²) in [5.74, 6) is 2.33. The minimum absolute atomic E-state index is 0.156. The van der Waals surface area contributed by atoms with Crippen LogP contribution >= 0.6 is 11.8 Å². The zero-order valence-electron chi connectivity index (χ0n) is 14.5. The highest BCUT2D eigenvalue weighted by Crippen LogP contribution is 2.27. The summed E-state index contributed by atoms with van der Waals surface area (Å²) in [6, 6.07) is 10.2. The fraction of sp³-hybridized carbons (Fsp3) is 0.389. The number of hydrogen-bond acceptors (Lipinski definition) is 6. The maximum atomic E-state index is 11.6. The smallest absolute Gasteiger partial charge is 0.191 e. The Hall–Kier alpha value is -1.93. The van der Waals surface area contributed by atoms with Crippen molar-refractivity contribution >= 4 is 32.5 Å². The molecule has 0 spiro atoms. The van der Waals surface area contributed by atoms with Crippen LogP contribution < -0.4 is 0 Å². The first-order valence-corrected chi connectivity index (χ1v) is 11.4. The molecule has 1 aliphatic heterocycles. The number of para-hydroxylation sites is 1. The zero-order chi connectivity index (χ0) is 18.1. The van der Waals surface area contributed by atoms with E-state index >= 15 is 0 Å². The van der Waals surface area contributed by atoms with E-state index in [1.807, 2.05) is 29.9 Å². The number of hydrogen-bond donors (Lipinski definition) is 0. The number of sulfone groups is 1. The molecule has 1 unspecified atom stereocenters. The van der Waals surface area contributed by atoms with E-state index in [4.69, 9.17) is 0 Å². The molecule has 0 N–H and O–H groups in total. The highest BCUT2D eigenvalue weighted by Gasteiger charge is 2.29. The molecule has 0 saturated carbocycles. The quantitative estimate of drug-likeness (QED) is 0.625. The van der Waals surface area contributed by atoms with Crippen molar-refractivity contribution in [3.05, 3.63) is 47.9 Å². The summed E-state index contributed by atoms with van der Waals surface area (Å²) in [7, 11) is -0.911. The van der Waals surface area contributed by atoms with Gasteiger partial charge in [0.15, 0.2) is 15.0 Å². The number of benzene rings is 1. The van der Waals surface area contributed by atoms with Crippen molar-refractivity contribution in [2.45, 2.75) is 23.8 Å². The van der Waals surface area contributed by atoms with Crippen molar-refractivity contribution in [3.63, 3.8) is 0 Å². The Morgan fingerprint density at radius 2 is 2.08 bits per heavy atom. The van der Waals surface area contributed by atoms with Gasteiger partial charge in [-0.25, -0.2) is 8.42 Å². The minimum Gasteiger partial charge on any atom is -0.309 e. The third-order valence-electron chi connectivity index (χ3n) is 4.80. The molecule has 1 aromatic carbocycles. The van der Waals surface area contributed by atoms with E-state index in [2.05, 4.69) is 33.4 Å². The third kappa shape index (κ3) is 3.61. The summed E-state index contributed by atoms with van der Waals surface area (Å²) in [5.41, 5.74) is 2.18. The van der Waals surface area contributed by atoms with Gasteiger partial charge in [-0.05, 0) is 24.0 Å². The van der Waals surface area contributed by atoms with Crippen LogP contribution in [0.3, 0.4) is 0 Å². The van der Waals surface area contributed by atoms with Crippen LogP contribution in [0.2, 0.25) is 0 Å². The fourth-order valence-corrected chi connectivity index (χ4v) is 6.14. The zero-order valence-corrected chi connectivity index (χ0v) is 16.1. The molecule has 1 aliphatic rings. The SMILES string of the molecule is Cn1c(CC2CCS(=O)(=O)C2)nnc1SCc1cccc2cccnc12. The number of rotatable bonds is 5. The second-order valence-corrected chi connectivity index (χ2v) is 9.88. The van der Waals surface area contributed by atoms with E-state index < -0.39 is 9.84 Å². The fourth-order valence-electron chi connectivity index (χ4n) is 3.37. The lowest BCUT2D eigenvalue weighted by Gasteiger charge is -2.08. The standard InChI is InChI=1S/C18H20N4O2S2/c1-22-16(10-13-7-9-26(23,24)12-13)20-21-18(22)25-11-15-5-2-4-14-6-3-8-19-17(14)15/h2-6,8,13H,7,9-12H2,1H3. The molecule has 4 rings (SSSR count). The first-order valence-electron chi connectivity index (χ1n) is 8.56. The van der Waals surface area contributed by atoms with Crippen molar-refractivity contribution in [1.29, 1.82) is 0 Å².